The molecule has 2 N–H and O–H groups in total. The van der Waals surface area contributed by atoms with E-state index in [4.69, 9.17) is 17.3 Å². The smallest absolute Gasteiger partial charge is 0.140 e. The summed E-state index contributed by atoms with van der Waals surface area (Å²) < 4.78 is 15.1. The summed E-state index contributed by atoms with van der Waals surface area (Å²) in [5, 5.41) is 4.43. The van der Waals surface area contributed by atoms with Crippen molar-refractivity contribution < 1.29 is 4.39 Å². The number of anilines is 1. The van der Waals surface area contributed by atoms with E-state index < -0.39 is 0 Å². The van der Waals surface area contributed by atoms with Crippen LogP contribution in [0.2, 0.25) is 5.02 Å². The minimum atomic E-state index is -0.290. The second-order valence-electron chi connectivity index (χ2n) is 3.27. The van der Waals surface area contributed by atoms with E-state index in [0.717, 1.165) is 5.56 Å². The molecule has 1 aromatic carbocycles. The standard InChI is InChI=1S/C10H8BrClFN3/c11-8-3-7(13)2-1-6(8)5-16-10(14)9(12)4-15-16/h1-4H,5,14H2. The maximum Gasteiger partial charge on any atom is 0.140 e. The Labute approximate surface area is 105 Å². The Morgan fingerprint density at radius 3 is 2.81 bits per heavy atom. The number of hydrogen-bond acceptors (Lipinski definition) is 2. The maximum absolute atomic E-state index is 12.9. The van der Waals surface area contributed by atoms with E-state index in [1.54, 1.807) is 10.7 Å². The van der Waals surface area contributed by atoms with E-state index in [2.05, 4.69) is 21.0 Å². The first-order chi connectivity index (χ1) is 7.58. The van der Waals surface area contributed by atoms with E-state index in [1.165, 1.54) is 18.3 Å². The summed E-state index contributed by atoms with van der Waals surface area (Å²) in [5.41, 5.74) is 6.59. The Bertz CT molecular complexity index is 527. The van der Waals surface area contributed by atoms with Crippen molar-refractivity contribution in [2.45, 2.75) is 6.54 Å². The van der Waals surface area contributed by atoms with E-state index in [1.807, 2.05) is 0 Å². The van der Waals surface area contributed by atoms with Crippen molar-refractivity contribution in [1.29, 1.82) is 0 Å². The third kappa shape index (κ3) is 2.20. The SMILES string of the molecule is Nc1c(Cl)cnn1Cc1ccc(F)cc1Br. The lowest BCUT2D eigenvalue weighted by atomic mass is 10.2. The van der Waals surface area contributed by atoms with Crippen molar-refractivity contribution in [2.24, 2.45) is 0 Å². The van der Waals surface area contributed by atoms with Crippen molar-refractivity contribution in [1.82, 2.24) is 9.78 Å². The average Bonchev–Trinajstić information content (AvgIpc) is 2.54. The van der Waals surface area contributed by atoms with Gasteiger partial charge in [0.05, 0.1) is 12.7 Å². The molecular formula is C10H8BrClFN3. The first-order valence-electron chi connectivity index (χ1n) is 4.48. The molecule has 0 fully saturated rings. The van der Waals surface area contributed by atoms with Gasteiger partial charge in [-0.05, 0) is 17.7 Å². The van der Waals surface area contributed by atoms with Crippen LogP contribution in [0.3, 0.4) is 0 Å². The maximum atomic E-state index is 12.9. The number of nitrogens with two attached hydrogens (primary N) is 1. The van der Waals surface area contributed by atoms with Crippen LogP contribution in [0, 0.1) is 5.82 Å². The Hall–Kier alpha value is -1.07. The highest BCUT2D eigenvalue weighted by Crippen LogP contribution is 2.22. The number of hydrogen-bond donors (Lipinski definition) is 1. The fourth-order valence-electron chi connectivity index (χ4n) is 1.31. The zero-order chi connectivity index (χ0) is 11.7. The molecule has 0 bridgehead atoms. The highest BCUT2D eigenvalue weighted by atomic mass is 79.9. The quantitative estimate of drug-likeness (QED) is 0.926. The molecule has 0 aliphatic rings. The van der Waals surface area contributed by atoms with Crippen molar-refractivity contribution >= 4 is 33.3 Å². The van der Waals surface area contributed by atoms with Gasteiger partial charge in [-0.25, -0.2) is 9.07 Å². The fraction of sp³-hybridized carbons (Fsp3) is 0.100. The second kappa shape index (κ2) is 4.43. The molecule has 16 heavy (non-hydrogen) atoms. The van der Waals surface area contributed by atoms with Crippen LogP contribution >= 0.6 is 27.5 Å². The lowest BCUT2D eigenvalue weighted by Crippen LogP contribution is -2.06. The van der Waals surface area contributed by atoms with Crippen molar-refractivity contribution in [3.8, 4) is 0 Å². The summed E-state index contributed by atoms with van der Waals surface area (Å²) in [7, 11) is 0. The van der Waals surface area contributed by atoms with Crippen LogP contribution in [0.15, 0.2) is 28.9 Å². The Morgan fingerprint density at radius 2 is 2.25 bits per heavy atom. The van der Waals surface area contributed by atoms with Crippen molar-refractivity contribution in [3.63, 3.8) is 0 Å². The van der Waals surface area contributed by atoms with Crippen LogP contribution in [-0.2, 0) is 6.54 Å². The summed E-state index contributed by atoms with van der Waals surface area (Å²) in [6.07, 6.45) is 1.48. The van der Waals surface area contributed by atoms with Gasteiger partial charge in [0.2, 0.25) is 0 Å². The second-order valence-corrected chi connectivity index (χ2v) is 4.53. The third-order valence-corrected chi connectivity index (χ3v) is 3.20. The average molecular weight is 305 g/mol. The number of aromatic nitrogens is 2. The topological polar surface area (TPSA) is 43.8 Å². The number of nitrogen functional groups attached to an aromatic ring is 1. The number of nitrogens with zero attached hydrogens (tertiary/aromatic N) is 2. The molecule has 0 radical (unpaired) electrons. The largest absolute Gasteiger partial charge is 0.383 e. The van der Waals surface area contributed by atoms with Crippen molar-refractivity contribution in [3.05, 3.63) is 45.3 Å². The van der Waals surface area contributed by atoms with Gasteiger partial charge in [-0.3, -0.25) is 0 Å². The summed E-state index contributed by atoms with van der Waals surface area (Å²) in [5.74, 6) is 0.111. The number of halogens is 3. The molecule has 0 spiro atoms. The van der Waals surface area contributed by atoms with E-state index in [0.29, 0.717) is 21.9 Å². The highest BCUT2D eigenvalue weighted by molar-refractivity contribution is 9.10. The fourth-order valence-corrected chi connectivity index (χ4v) is 1.93. The van der Waals surface area contributed by atoms with Gasteiger partial charge >= 0.3 is 0 Å². The van der Waals surface area contributed by atoms with Gasteiger partial charge in [-0.15, -0.1) is 0 Å². The molecule has 0 unspecified atom stereocenters. The van der Waals surface area contributed by atoms with Crippen LogP contribution < -0.4 is 5.73 Å². The molecule has 2 aromatic rings. The van der Waals surface area contributed by atoms with Gasteiger partial charge < -0.3 is 5.73 Å². The van der Waals surface area contributed by atoms with Gasteiger partial charge in [0.25, 0.3) is 0 Å². The van der Waals surface area contributed by atoms with Crippen molar-refractivity contribution in [2.75, 3.05) is 5.73 Å². The van der Waals surface area contributed by atoms with Gasteiger partial charge in [-0.1, -0.05) is 33.6 Å². The Balaban J connectivity index is 2.30. The molecule has 0 aliphatic heterocycles. The Morgan fingerprint density at radius 1 is 1.50 bits per heavy atom. The van der Waals surface area contributed by atoms with E-state index >= 15 is 0 Å². The van der Waals surface area contributed by atoms with E-state index in [-0.39, 0.29) is 5.82 Å². The molecule has 6 heteroatoms. The first-order valence-corrected chi connectivity index (χ1v) is 5.65. The summed E-state index contributed by atoms with van der Waals surface area (Å²) in [4.78, 5) is 0. The van der Waals surface area contributed by atoms with Gasteiger partial charge in [0.15, 0.2) is 0 Å². The molecule has 0 saturated heterocycles. The molecular weight excluding hydrogens is 296 g/mol. The third-order valence-electron chi connectivity index (χ3n) is 2.17. The van der Waals surface area contributed by atoms with Crippen LogP contribution in [0.4, 0.5) is 10.2 Å². The predicted octanol–water partition coefficient (Wildman–Crippen LogP) is 3.07. The first kappa shape index (κ1) is 11.4. The van der Waals surface area contributed by atoms with Crippen LogP contribution in [0.1, 0.15) is 5.56 Å². The molecule has 0 atom stereocenters. The zero-order valence-electron chi connectivity index (χ0n) is 8.12. The molecule has 0 saturated carbocycles. The van der Waals surface area contributed by atoms with Crippen LogP contribution in [-0.4, -0.2) is 9.78 Å². The Kier molecular flexibility index (Phi) is 3.16. The summed E-state index contributed by atoms with van der Waals surface area (Å²) in [6.45, 7) is 0.444. The molecule has 0 aliphatic carbocycles. The van der Waals surface area contributed by atoms with Gasteiger partial charge in [0.1, 0.15) is 16.7 Å². The minimum Gasteiger partial charge on any atom is -0.383 e. The number of rotatable bonds is 2. The normalized spacial score (nSPS) is 10.7. The van der Waals surface area contributed by atoms with Gasteiger partial charge in [-0.2, -0.15) is 5.10 Å². The molecule has 84 valence electrons. The molecule has 1 aromatic heterocycles. The summed E-state index contributed by atoms with van der Waals surface area (Å²) >= 11 is 9.06. The lowest BCUT2D eigenvalue weighted by molar-refractivity contribution is 0.623. The molecule has 1 heterocycles. The monoisotopic (exact) mass is 303 g/mol. The van der Waals surface area contributed by atoms with Gasteiger partial charge in [0, 0.05) is 4.47 Å². The summed E-state index contributed by atoms with van der Waals surface area (Å²) in [6, 6.07) is 4.46. The van der Waals surface area contributed by atoms with E-state index in [9.17, 15) is 4.39 Å². The molecule has 3 nitrogen and oxygen atoms in total. The van der Waals surface area contributed by atoms with Crippen LogP contribution in [0.5, 0.6) is 0 Å². The predicted molar refractivity (Wildman–Crippen MR) is 64.9 cm³/mol. The lowest BCUT2D eigenvalue weighted by Gasteiger charge is -2.06. The minimum absolute atomic E-state index is 0.290. The molecule has 2 rings (SSSR count). The number of benzene rings is 1. The van der Waals surface area contributed by atoms with Crippen LogP contribution in [0.25, 0.3) is 0 Å². The zero-order valence-corrected chi connectivity index (χ0v) is 10.5. The highest BCUT2D eigenvalue weighted by Gasteiger charge is 2.08. The molecule has 0 amide bonds.